The molecule has 1 fully saturated rings. The number of fused-ring (bicyclic) bond motifs is 1. The largest absolute Gasteiger partial charge is 0.453 e. The van der Waals surface area contributed by atoms with Crippen molar-refractivity contribution in [2.24, 2.45) is 11.8 Å². The molecule has 0 amide bonds. The summed E-state index contributed by atoms with van der Waals surface area (Å²) in [6.45, 7) is 7.27. The zero-order valence-corrected chi connectivity index (χ0v) is 20.7. The summed E-state index contributed by atoms with van der Waals surface area (Å²) < 4.78 is 18.2. The fourth-order valence-electron chi connectivity index (χ4n) is 4.32. The predicted molar refractivity (Wildman–Crippen MR) is 134 cm³/mol. The molecule has 1 saturated heterocycles. The average Bonchev–Trinajstić information content (AvgIpc) is 2.84. The molecule has 180 valence electrons. The number of hydrogen-bond donors (Lipinski definition) is 0. The second-order valence-electron chi connectivity index (χ2n) is 8.95. The van der Waals surface area contributed by atoms with Crippen LogP contribution in [0.1, 0.15) is 31.1 Å². The maximum Gasteiger partial charge on any atom is 0.338 e. The molecule has 5 atom stereocenters. The quantitative estimate of drug-likeness (QED) is 0.409. The van der Waals surface area contributed by atoms with Crippen molar-refractivity contribution in [3.05, 3.63) is 71.4 Å². The van der Waals surface area contributed by atoms with Gasteiger partial charge in [-0.2, -0.15) is 0 Å². The number of benzene rings is 2. The van der Waals surface area contributed by atoms with Gasteiger partial charge in [0.05, 0.1) is 23.8 Å². The molecule has 0 saturated carbocycles. The molecule has 0 aliphatic carbocycles. The van der Waals surface area contributed by atoms with Gasteiger partial charge in [0, 0.05) is 41.8 Å². The van der Waals surface area contributed by atoms with Crippen LogP contribution >= 0.6 is 11.6 Å². The first-order valence-corrected chi connectivity index (χ1v) is 12.0. The Kier molecular flexibility index (Phi) is 7.71. The zero-order valence-electron chi connectivity index (χ0n) is 20.0. The van der Waals surface area contributed by atoms with Crippen LogP contribution in [0.25, 0.3) is 10.9 Å². The number of hydrogen-bond acceptors (Lipinski definition) is 6. The normalized spacial score (nSPS) is 24.7. The Morgan fingerprint density at radius 3 is 2.62 bits per heavy atom. The SMILES string of the molecule is C[C@@H]1[C@H](C)[C@H](C)OC(OCCN(C)c2ccnc3cc(Cl)ccc23)[C@H]1OC(=O)c1ccccc1. The molecule has 7 heteroatoms. The van der Waals surface area contributed by atoms with Gasteiger partial charge in [0.2, 0.25) is 0 Å². The van der Waals surface area contributed by atoms with E-state index in [9.17, 15) is 4.79 Å². The van der Waals surface area contributed by atoms with Gasteiger partial charge in [-0.25, -0.2) is 4.79 Å². The van der Waals surface area contributed by atoms with Crippen molar-refractivity contribution < 1.29 is 19.0 Å². The molecule has 4 rings (SSSR count). The number of carbonyl (C=O) groups is 1. The Morgan fingerprint density at radius 2 is 1.85 bits per heavy atom. The van der Waals surface area contributed by atoms with E-state index in [0.29, 0.717) is 23.7 Å². The third kappa shape index (κ3) is 5.35. The summed E-state index contributed by atoms with van der Waals surface area (Å²) >= 11 is 6.12. The second-order valence-corrected chi connectivity index (χ2v) is 9.38. The standard InChI is InChI=1S/C27H31ClN2O4/c1-17-18(2)25(34-26(31)20-8-6-5-7-9-20)27(33-19(17)3)32-15-14-30(4)24-12-13-29-23-16-21(28)10-11-22(23)24/h5-13,16-19,25,27H,14-15H2,1-4H3/t17-,18+,19-,25-,27?/m0/s1. The van der Waals surface area contributed by atoms with Gasteiger partial charge < -0.3 is 19.1 Å². The number of carbonyl (C=O) groups excluding carboxylic acids is 1. The van der Waals surface area contributed by atoms with Gasteiger partial charge in [-0.15, -0.1) is 0 Å². The van der Waals surface area contributed by atoms with Gasteiger partial charge in [0.25, 0.3) is 0 Å². The number of aromatic nitrogens is 1. The smallest absolute Gasteiger partial charge is 0.338 e. The predicted octanol–water partition coefficient (Wildman–Crippen LogP) is 5.58. The van der Waals surface area contributed by atoms with Crippen molar-refractivity contribution in [1.82, 2.24) is 4.98 Å². The molecule has 0 spiro atoms. The van der Waals surface area contributed by atoms with Crippen LogP contribution in [0.3, 0.4) is 0 Å². The highest BCUT2D eigenvalue weighted by atomic mass is 35.5. The second kappa shape index (κ2) is 10.7. The number of likely N-dealkylation sites (N-methyl/N-ethyl adjacent to an activating group) is 1. The van der Waals surface area contributed by atoms with Crippen molar-refractivity contribution >= 4 is 34.2 Å². The molecule has 6 nitrogen and oxygen atoms in total. The Bertz CT molecular complexity index is 1130. The highest BCUT2D eigenvalue weighted by Crippen LogP contribution is 2.34. The van der Waals surface area contributed by atoms with E-state index in [0.717, 1.165) is 16.6 Å². The van der Waals surface area contributed by atoms with Crippen LogP contribution < -0.4 is 4.90 Å². The third-order valence-corrected chi connectivity index (χ3v) is 6.99. The number of halogens is 1. The number of rotatable bonds is 7. The van der Waals surface area contributed by atoms with Crippen LogP contribution in [0.5, 0.6) is 0 Å². The molecule has 2 heterocycles. The van der Waals surface area contributed by atoms with E-state index in [1.807, 2.05) is 56.4 Å². The lowest BCUT2D eigenvalue weighted by atomic mass is 9.84. The minimum absolute atomic E-state index is 0.00158. The minimum atomic E-state index is -0.629. The van der Waals surface area contributed by atoms with Crippen molar-refractivity contribution in [3.63, 3.8) is 0 Å². The first-order valence-electron chi connectivity index (χ1n) is 11.6. The fraction of sp³-hybridized carbons (Fsp3) is 0.407. The van der Waals surface area contributed by atoms with Crippen LogP contribution in [0, 0.1) is 11.8 Å². The molecule has 1 aliphatic rings. The first kappa shape index (κ1) is 24.5. The maximum absolute atomic E-state index is 12.8. The topological polar surface area (TPSA) is 60.9 Å². The van der Waals surface area contributed by atoms with Crippen molar-refractivity contribution in [1.29, 1.82) is 0 Å². The van der Waals surface area contributed by atoms with Crippen molar-refractivity contribution in [2.75, 3.05) is 25.1 Å². The summed E-state index contributed by atoms with van der Waals surface area (Å²) in [6, 6.07) is 16.7. The zero-order chi connectivity index (χ0) is 24.2. The summed E-state index contributed by atoms with van der Waals surface area (Å²) in [5, 5.41) is 1.68. The summed E-state index contributed by atoms with van der Waals surface area (Å²) in [5.41, 5.74) is 2.40. The molecule has 0 N–H and O–H groups in total. The number of nitrogens with zero attached hydrogens (tertiary/aromatic N) is 2. The molecule has 3 aromatic rings. The van der Waals surface area contributed by atoms with E-state index < -0.39 is 12.4 Å². The summed E-state index contributed by atoms with van der Waals surface area (Å²) in [4.78, 5) is 19.3. The molecule has 1 unspecified atom stereocenters. The van der Waals surface area contributed by atoms with E-state index in [1.165, 1.54) is 0 Å². The number of esters is 1. The highest BCUT2D eigenvalue weighted by Gasteiger charge is 2.43. The van der Waals surface area contributed by atoms with E-state index in [2.05, 4.69) is 23.7 Å². The molecular weight excluding hydrogens is 452 g/mol. The molecule has 1 aromatic heterocycles. The van der Waals surface area contributed by atoms with Crippen LogP contribution in [0.4, 0.5) is 5.69 Å². The van der Waals surface area contributed by atoms with Gasteiger partial charge in [-0.05, 0) is 49.2 Å². The first-order chi connectivity index (χ1) is 16.3. The van der Waals surface area contributed by atoms with Crippen LogP contribution in [-0.2, 0) is 14.2 Å². The number of anilines is 1. The van der Waals surface area contributed by atoms with Gasteiger partial charge in [0.15, 0.2) is 12.4 Å². The summed E-state index contributed by atoms with van der Waals surface area (Å²) in [5.74, 6) is -0.0467. The third-order valence-electron chi connectivity index (χ3n) is 6.76. The lowest BCUT2D eigenvalue weighted by Crippen LogP contribution is -2.51. The Morgan fingerprint density at radius 1 is 1.09 bits per heavy atom. The van der Waals surface area contributed by atoms with Crippen molar-refractivity contribution in [2.45, 2.75) is 39.3 Å². The van der Waals surface area contributed by atoms with Gasteiger partial charge in [-0.3, -0.25) is 4.98 Å². The van der Waals surface area contributed by atoms with Gasteiger partial charge in [0.1, 0.15) is 0 Å². The molecule has 34 heavy (non-hydrogen) atoms. The molecular formula is C27H31ClN2O4. The maximum atomic E-state index is 12.8. The van der Waals surface area contributed by atoms with Crippen LogP contribution in [0.15, 0.2) is 60.8 Å². The molecule has 2 aromatic carbocycles. The Balaban J connectivity index is 1.43. The van der Waals surface area contributed by atoms with Gasteiger partial charge in [-0.1, -0.05) is 43.6 Å². The average molecular weight is 483 g/mol. The minimum Gasteiger partial charge on any atom is -0.453 e. The molecule has 1 aliphatic heterocycles. The Labute approximate surface area is 205 Å². The molecule has 0 bridgehead atoms. The van der Waals surface area contributed by atoms with E-state index in [-0.39, 0.29) is 23.9 Å². The Hall–Kier alpha value is -2.67. The van der Waals surface area contributed by atoms with Crippen LogP contribution in [0.2, 0.25) is 5.02 Å². The van der Waals surface area contributed by atoms with Gasteiger partial charge >= 0.3 is 5.97 Å². The monoisotopic (exact) mass is 482 g/mol. The van der Waals surface area contributed by atoms with E-state index in [4.69, 9.17) is 25.8 Å². The number of ether oxygens (including phenoxy) is 3. The van der Waals surface area contributed by atoms with Crippen LogP contribution in [-0.4, -0.2) is 49.7 Å². The fourth-order valence-corrected chi connectivity index (χ4v) is 4.48. The lowest BCUT2D eigenvalue weighted by molar-refractivity contribution is -0.264. The van der Waals surface area contributed by atoms with Crippen molar-refractivity contribution in [3.8, 4) is 0 Å². The van der Waals surface area contributed by atoms with E-state index >= 15 is 0 Å². The summed E-state index contributed by atoms with van der Waals surface area (Å²) in [6.07, 6.45) is 0.654. The lowest BCUT2D eigenvalue weighted by Gasteiger charge is -2.42. The molecule has 0 radical (unpaired) electrons. The summed E-state index contributed by atoms with van der Waals surface area (Å²) in [7, 11) is 2.01. The van der Waals surface area contributed by atoms with E-state index in [1.54, 1.807) is 18.3 Å². The highest BCUT2D eigenvalue weighted by molar-refractivity contribution is 6.31. The number of pyridine rings is 1.